The second-order valence-corrected chi connectivity index (χ2v) is 10.1. The van der Waals surface area contributed by atoms with E-state index in [9.17, 15) is 5.11 Å². The van der Waals surface area contributed by atoms with Crippen molar-refractivity contribution in [3.63, 3.8) is 0 Å². The number of aliphatic imine (C=N–C) groups is 1. The number of rotatable bonds is 1. The van der Waals surface area contributed by atoms with Crippen molar-refractivity contribution >= 4 is 5.71 Å². The predicted octanol–water partition coefficient (Wildman–Crippen LogP) is 5.10. The van der Waals surface area contributed by atoms with Gasteiger partial charge in [0.05, 0.1) is 5.60 Å². The molecule has 2 nitrogen and oxygen atoms in total. The van der Waals surface area contributed by atoms with Crippen LogP contribution >= 0.6 is 0 Å². The van der Waals surface area contributed by atoms with Gasteiger partial charge in [-0.15, -0.1) is 0 Å². The predicted molar refractivity (Wildman–Crippen MR) is 100 cm³/mol. The molecule has 4 aliphatic carbocycles. The molecule has 0 amide bonds. The third kappa shape index (κ3) is 2.42. The summed E-state index contributed by atoms with van der Waals surface area (Å²) in [5, 5.41) is 10.5. The molecule has 0 unspecified atom stereocenters. The summed E-state index contributed by atoms with van der Waals surface area (Å²) in [6.07, 6.45) is 11.5. The lowest BCUT2D eigenvalue weighted by Crippen LogP contribution is -2.51. The van der Waals surface area contributed by atoms with Crippen molar-refractivity contribution in [2.75, 3.05) is 7.05 Å². The van der Waals surface area contributed by atoms with Crippen LogP contribution in [0.2, 0.25) is 0 Å². The highest BCUT2D eigenvalue weighted by molar-refractivity contribution is 5.92. The zero-order valence-corrected chi connectivity index (χ0v) is 16.2. The van der Waals surface area contributed by atoms with Crippen LogP contribution in [-0.2, 0) is 0 Å². The lowest BCUT2D eigenvalue weighted by Gasteiger charge is -2.57. The van der Waals surface area contributed by atoms with E-state index in [1.807, 2.05) is 7.05 Å². The minimum atomic E-state index is -0.390. The minimum absolute atomic E-state index is 0.390. The maximum Gasteiger partial charge on any atom is 0.0622 e. The summed E-state index contributed by atoms with van der Waals surface area (Å²) in [6.45, 7) is 7.02. The smallest absolute Gasteiger partial charge is 0.0622 e. The molecule has 24 heavy (non-hydrogen) atoms. The molecule has 0 radical (unpaired) electrons. The maximum absolute atomic E-state index is 10.5. The quantitative estimate of drug-likeness (QED) is 0.712. The molecule has 4 aliphatic rings. The van der Waals surface area contributed by atoms with E-state index in [-0.39, 0.29) is 0 Å². The number of hydrogen-bond acceptors (Lipinski definition) is 2. The highest BCUT2D eigenvalue weighted by Gasteiger charge is 2.59. The van der Waals surface area contributed by atoms with Gasteiger partial charge in [-0.2, -0.15) is 0 Å². The molecule has 0 aromatic carbocycles. The molecule has 2 heteroatoms. The van der Waals surface area contributed by atoms with E-state index in [0.29, 0.717) is 5.41 Å². The topological polar surface area (TPSA) is 32.6 Å². The number of nitrogens with zero attached hydrogens (tertiary/aromatic N) is 1. The molecule has 0 spiro atoms. The lowest BCUT2D eigenvalue weighted by molar-refractivity contribution is -0.0944. The summed E-state index contributed by atoms with van der Waals surface area (Å²) in [4.78, 5) is 4.76. The fraction of sp³-hybridized carbons (Fsp3) is 0.955. The largest absolute Gasteiger partial charge is 0.390 e. The molecule has 136 valence electrons. The number of hydrogen-bond donors (Lipinski definition) is 1. The summed E-state index contributed by atoms with van der Waals surface area (Å²) in [6, 6.07) is 0. The van der Waals surface area contributed by atoms with Crippen molar-refractivity contribution in [2.24, 2.45) is 45.9 Å². The SMILES string of the molecule is CC[C@@H]1CC(=NC)[C@@]2(C)CC[C@H]3[C@@H](CC[C@@H]4C[C@](C)(O)CC[C@@H]43)[C@H]12. The first-order chi connectivity index (χ1) is 11.4. The third-order valence-corrected chi connectivity index (χ3v) is 8.91. The van der Waals surface area contributed by atoms with E-state index in [2.05, 4.69) is 20.8 Å². The first-order valence-electron chi connectivity index (χ1n) is 10.6. The van der Waals surface area contributed by atoms with Gasteiger partial charge in [0.15, 0.2) is 0 Å². The van der Waals surface area contributed by atoms with Crippen LogP contribution in [0, 0.1) is 40.9 Å². The van der Waals surface area contributed by atoms with Crippen LogP contribution in [0.1, 0.15) is 78.6 Å². The van der Waals surface area contributed by atoms with E-state index in [0.717, 1.165) is 48.3 Å². The normalized spacial score (nSPS) is 55.8. The maximum atomic E-state index is 10.5. The molecule has 4 fully saturated rings. The molecule has 0 aromatic rings. The molecule has 0 saturated heterocycles. The Kier molecular flexibility index (Phi) is 4.14. The van der Waals surface area contributed by atoms with Crippen molar-refractivity contribution in [1.29, 1.82) is 0 Å². The van der Waals surface area contributed by atoms with E-state index in [4.69, 9.17) is 4.99 Å². The molecule has 0 heterocycles. The van der Waals surface area contributed by atoms with Crippen LogP contribution in [0.5, 0.6) is 0 Å². The van der Waals surface area contributed by atoms with E-state index in [1.165, 1.54) is 50.7 Å². The van der Waals surface area contributed by atoms with Gasteiger partial charge in [0.25, 0.3) is 0 Å². The second-order valence-electron chi connectivity index (χ2n) is 10.1. The Morgan fingerprint density at radius 3 is 2.50 bits per heavy atom. The summed E-state index contributed by atoms with van der Waals surface area (Å²) in [5.74, 6) is 5.29. The summed E-state index contributed by atoms with van der Waals surface area (Å²) < 4.78 is 0. The van der Waals surface area contributed by atoms with Crippen LogP contribution in [0.4, 0.5) is 0 Å². The zero-order valence-electron chi connectivity index (χ0n) is 16.2. The van der Waals surface area contributed by atoms with Crippen LogP contribution in [0.15, 0.2) is 4.99 Å². The van der Waals surface area contributed by atoms with Crippen LogP contribution in [-0.4, -0.2) is 23.5 Å². The summed E-state index contributed by atoms with van der Waals surface area (Å²) >= 11 is 0. The van der Waals surface area contributed by atoms with Gasteiger partial charge in [0.1, 0.15) is 0 Å². The highest BCUT2D eigenvalue weighted by Crippen LogP contribution is 2.64. The molecule has 4 saturated carbocycles. The first kappa shape index (κ1) is 17.1. The van der Waals surface area contributed by atoms with Gasteiger partial charge < -0.3 is 5.11 Å². The van der Waals surface area contributed by atoms with Crippen molar-refractivity contribution in [2.45, 2.75) is 84.2 Å². The number of aliphatic hydroxyl groups is 1. The van der Waals surface area contributed by atoms with Gasteiger partial charge in [-0.3, -0.25) is 4.99 Å². The van der Waals surface area contributed by atoms with Gasteiger partial charge in [0.2, 0.25) is 0 Å². The van der Waals surface area contributed by atoms with Crippen LogP contribution in [0.25, 0.3) is 0 Å². The van der Waals surface area contributed by atoms with Crippen LogP contribution in [0.3, 0.4) is 0 Å². The molecule has 0 aromatic heterocycles. The lowest BCUT2D eigenvalue weighted by atomic mass is 9.49. The molecule has 0 aliphatic heterocycles. The fourth-order valence-electron chi connectivity index (χ4n) is 7.89. The molecular weight excluding hydrogens is 294 g/mol. The van der Waals surface area contributed by atoms with Gasteiger partial charge in [-0.05, 0) is 93.8 Å². The summed E-state index contributed by atoms with van der Waals surface area (Å²) in [7, 11) is 2.03. The van der Waals surface area contributed by atoms with Gasteiger partial charge in [-0.25, -0.2) is 0 Å². The third-order valence-electron chi connectivity index (χ3n) is 8.91. The molecule has 8 atom stereocenters. The standard InChI is InChI=1S/C22H37NO/c1-5-14-12-19(23-4)22(3)11-9-17-16-8-10-21(2,24)13-15(16)6-7-18(17)20(14)22/h14-18,20,24H,5-13H2,1-4H3/t14-,15-,16+,17-,18-,20+,21-,22-/m1/s1. The van der Waals surface area contributed by atoms with Gasteiger partial charge in [0, 0.05) is 18.2 Å². The Bertz CT molecular complexity index is 524. The average Bonchev–Trinajstić information content (AvgIpc) is 2.85. The minimum Gasteiger partial charge on any atom is -0.390 e. The second kappa shape index (κ2) is 5.83. The first-order valence-corrected chi connectivity index (χ1v) is 10.6. The molecule has 1 N–H and O–H groups in total. The Balaban J connectivity index is 1.61. The van der Waals surface area contributed by atoms with Crippen molar-refractivity contribution in [3.8, 4) is 0 Å². The average molecular weight is 332 g/mol. The van der Waals surface area contributed by atoms with Crippen molar-refractivity contribution in [3.05, 3.63) is 0 Å². The fourth-order valence-corrected chi connectivity index (χ4v) is 7.89. The molecular formula is C22H37NO. The Labute approximate surface area is 148 Å². The van der Waals surface area contributed by atoms with Gasteiger partial charge in [-0.1, -0.05) is 20.3 Å². The van der Waals surface area contributed by atoms with Gasteiger partial charge >= 0.3 is 0 Å². The molecule has 0 bridgehead atoms. The molecule has 4 rings (SSSR count). The van der Waals surface area contributed by atoms with Crippen molar-refractivity contribution < 1.29 is 5.11 Å². The van der Waals surface area contributed by atoms with E-state index in [1.54, 1.807) is 0 Å². The Morgan fingerprint density at radius 2 is 1.79 bits per heavy atom. The highest BCUT2D eigenvalue weighted by atomic mass is 16.3. The summed E-state index contributed by atoms with van der Waals surface area (Å²) in [5.41, 5.74) is 1.54. The Hall–Kier alpha value is -0.370. The van der Waals surface area contributed by atoms with E-state index < -0.39 is 5.60 Å². The monoisotopic (exact) mass is 331 g/mol. The van der Waals surface area contributed by atoms with Crippen LogP contribution < -0.4 is 0 Å². The van der Waals surface area contributed by atoms with Crippen molar-refractivity contribution in [1.82, 2.24) is 0 Å². The number of fused-ring (bicyclic) bond motifs is 5. The Morgan fingerprint density at radius 1 is 1.04 bits per heavy atom. The zero-order chi connectivity index (χ0) is 17.1. The van der Waals surface area contributed by atoms with E-state index >= 15 is 0 Å².